The molecule has 1 aromatic carbocycles. The van der Waals surface area contributed by atoms with Gasteiger partial charge in [-0.2, -0.15) is 18.3 Å². The predicted molar refractivity (Wildman–Crippen MR) is 94.3 cm³/mol. The van der Waals surface area contributed by atoms with Gasteiger partial charge in [0.05, 0.1) is 11.1 Å². The van der Waals surface area contributed by atoms with Crippen molar-refractivity contribution in [2.24, 2.45) is 7.05 Å². The highest BCUT2D eigenvalue weighted by Crippen LogP contribution is 2.33. The first-order chi connectivity index (χ1) is 12.3. The van der Waals surface area contributed by atoms with E-state index in [2.05, 4.69) is 26.0 Å². The zero-order valence-corrected chi connectivity index (χ0v) is 14.8. The molecule has 0 fully saturated rings. The van der Waals surface area contributed by atoms with Crippen molar-refractivity contribution in [3.05, 3.63) is 63.1 Å². The van der Waals surface area contributed by atoms with Crippen LogP contribution in [0.3, 0.4) is 0 Å². The molecule has 132 valence electrons. The number of benzene rings is 1. The van der Waals surface area contributed by atoms with Crippen molar-refractivity contribution in [3.8, 4) is 5.69 Å². The average Bonchev–Trinajstić information content (AvgIpc) is 2.91. The molecule has 0 spiro atoms. The minimum atomic E-state index is -4.62. The molecule has 4 aromatic rings. The molecule has 0 bridgehead atoms. The molecule has 0 aliphatic rings. The second kappa shape index (κ2) is 5.66. The molecular weight excluding hydrogens is 413 g/mol. The second-order valence-electron chi connectivity index (χ2n) is 5.68. The van der Waals surface area contributed by atoms with E-state index < -0.39 is 17.4 Å². The van der Waals surface area contributed by atoms with Gasteiger partial charge in [0.25, 0.3) is 5.56 Å². The lowest BCUT2D eigenvalue weighted by molar-refractivity contribution is -0.141. The van der Waals surface area contributed by atoms with Crippen LogP contribution in [0.4, 0.5) is 13.2 Å². The molecule has 0 saturated heterocycles. The van der Waals surface area contributed by atoms with Gasteiger partial charge in [-0.1, -0.05) is 18.2 Å². The van der Waals surface area contributed by atoms with Crippen molar-refractivity contribution in [2.45, 2.75) is 6.18 Å². The lowest BCUT2D eigenvalue weighted by atomic mass is 10.1. The molecule has 3 heterocycles. The molecule has 0 aliphatic carbocycles. The fourth-order valence-electron chi connectivity index (χ4n) is 2.88. The molecule has 3 aromatic heterocycles. The largest absolute Gasteiger partial charge is 0.433 e. The molecule has 5 nitrogen and oxygen atoms in total. The molecule has 0 unspecified atom stereocenters. The van der Waals surface area contributed by atoms with Crippen LogP contribution in [0.1, 0.15) is 5.69 Å². The maximum atomic E-state index is 13.2. The topological polar surface area (TPSA) is 52.7 Å². The van der Waals surface area contributed by atoms with Gasteiger partial charge < -0.3 is 0 Å². The van der Waals surface area contributed by atoms with E-state index in [1.165, 1.54) is 10.7 Å². The predicted octanol–water partition coefficient (Wildman–Crippen LogP) is 4.05. The molecule has 4 rings (SSSR count). The maximum absolute atomic E-state index is 13.2. The van der Waals surface area contributed by atoms with Gasteiger partial charge in [0.2, 0.25) is 0 Å². The third-order valence-corrected chi connectivity index (χ3v) is 4.95. The van der Waals surface area contributed by atoms with Crippen LogP contribution in [0.15, 0.2) is 51.9 Å². The summed E-state index contributed by atoms with van der Waals surface area (Å²) < 4.78 is 42.6. The van der Waals surface area contributed by atoms with Crippen LogP contribution in [0.2, 0.25) is 0 Å². The number of halogens is 4. The smallest absolute Gasteiger partial charge is 0.266 e. The van der Waals surface area contributed by atoms with Gasteiger partial charge in [0.1, 0.15) is 15.9 Å². The Hall–Kier alpha value is -2.68. The number of pyridine rings is 2. The van der Waals surface area contributed by atoms with Crippen molar-refractivity contribution in [1.82, 2.24) is 19.3 Å². The summed E-state index contributed by atoms with van der Waals surface area (Å²) in [6.07, 6.45) is -4.62. The number of aromatic nitrogens is 4. The van der Waals surface area contributed by atoms with Gasteiger partial charge in [-0.25, -0.2) is 4.98 Å². The fourth-order valence-corrected chi connectivity index (χ4v) is 3.36. The standard InChI is InChI=1S/C17H10BrF3N4O/c1-24-14(18)12-10-7-8-11(17(19,20)21)22-15(10)25(16(26)13(12)23-24)9-5-3-2-4-6-9/h2-8H,1H3. The highest BCUT2D eigenvalue weighted by molar-refractivity contribution is 9.10. The summed E-state index contributed by atoms with van der Waals surface area (Å²) in [5, 5.41) is 5.04. The summed E-state index contributed by atoms with van der Waals surface area (Å²) in [4.78, 5) is 16.8. The second-order valence-corrected chi connectivity index (χ2v) is 6.43. The van der Waals surface area contributed by atoms with Gasteiger partial charge >= 0.3 is 6.18 Å². The van der Waals surface area contributed by atoms with Crippen molar-refractivity contribution in [3.63, 3.8) is 0 Å². The Kier molecular flexibility index (Phi) is 3.65. The van der Waals surface area contributed by atoms with Gasteiger partial charge in [-0.05, 0) is 40.2 Å². The number of alkyl halides is 3. The molecule has 0 aliphatic heterocycles. The van der Waals surface area contributed by atoms with E-state index in [9.17, 15) is 18.0 Å². The van der Waals surface area contributed by atoms with Crippen molar-refractivity contribution < 1.29 is 13.2 Å². The van der Waals surface area contributed by atoms with Crippen LogP contribution in [-0.4, -0.2) is 19.3 Å². The molecular formula is C17H10BrF3N4O. The zero-order chi connectivity index (χ0) is 18.6. The minimum absolute atomic E-state index is 0.0720. The molecule has 26 heavy (non-hydrogen) atoms. The van der Waals surface area contributed by atoms with Crippen LogP contribution in [0.25, 0.3) is 27.6 Å². The van der Waals surface area contributed by atoms with Crippen LogP contribution in [0.5, 0.6) is 0 Å². The number of hydrogen-bond acceptors (Lipinski definition) is 3. The van der Waals surface area contributed by atoms with Gasteiger partial charge in [0, 0.05) is 12.4 Å². The zero-order valence-electron chi connectivity index (χ0n) is 13.3. The molecule has 0 amide bonds. The Balaban J connectivity index is 2.26. The quantitative estimate of drug-likeness (QED) is 0.464. The first-order valence-electron chi connectivity index (χ1n) is 7.49. The molecule has 9 heteroatoms. The summed E-state index contributed by atoms with van der Waals surface area (Å²) in [5.41, 5.74) is -1.10. The number of rotatable bonds is 1. The van der Waals surface area contributed by atoms with E-state index in [-0.39, 0.29) is 11.2 Å². The highest BCUT2D eigenvalue weighted by Gasteiger charge is 2.33. The lowest BCUT2D eigenvalue weighted by Gasteiger charge is -2.13. The van der Waals surface area contributed by atoms with Crippen molar-refractivity contribution in [1.29, 1.82) is 0 Å². The Morgan fingerprint density at radius 2 is 1.77 bits per heavy atom. The van der Waals surface area contributed by atoms with Crippen LogP contribution in [0, 0.1) is 0 Å². The summed E-state index contributed by atoms with van der Waals surface area (Å²) in [6.45, 7) is 0. The van der Waals surface area contributed by atoms with E-state index in [4.69, 9.17) is 0 Å². The van der Waals surface area contributed by atoms with E-state index in [1.807, 2.05) is 0 Å². The molecule has 0 saturated carbocycles. The van der Waals surface area contributed by atoms with Crippen molar-refractivity contribution in [2.75, 3.05) is 0 Å². The Labute approximate surface area is 152 Å². The van der Waals surface area contributed by atoms with Gasteiger partial charge in [-0.15, -0.1) is 0 Å². The van der Waals surface area contributed by atoms with Crippen LogP contribution >= 0.6 is 15.9 Å². The SMILES string of the molecule is Cn1nc2c(=O)n(-c3ccccc3)c3nc(C(F)(F)F)ccc3c2c1Br. The summed E-state index contributed by atoms with van der Waals surface area (Å²) in [5.74, 6) is 0. The number of fused-ring (bicyclic) bond motifs is 3. The summed E-state index contributed by atoms with van der Waals surface area (Å²) in [6, 6.07) is 10.6. The molecule has 0 N–H and O–H groups in total. The number of para-hydroxylation sites is 1. The Bertz CT molecular complexity index is 1210. The minimum Gasteiger partial charge on any atom is -0.266 e. The van der Waals surface area contributed by atoms with E-state index in [0.717, 1.165) is 10.6 Å². The third kappa shape index (κ3) is 2.42. The number of nitrogens with zero attached hydrogens (tertiary/aromatic N) is 4. The number of aryl methyl sites for hydroxylation is 1. The van der Waals surface area contributed by atoms with Crippen molar-refractivity contribution >= 4 is 37.9 Å². The lowest BCUT2D eigenvalue weighted by Crippen LogP contribution is -2.21. The highest BCUT2D eigenvalue weighted by atomic mass is 79.9. The first-order valence-corrected chi connectivity index (χ1v) is 8.29. The summed E-state index contributed by atoms with van der Waals surface area (Å²) >= 11 is 3.35. The van der Waals surface area contributed by atoms with Gasteiger partial charge in [0.15, 0.2) is 5.52 Å². The van der Waals surface area contributed by atoms with Gasteiger partial charge in [-0.3, -0.25) is 14.0 Å². The van der Waals surface area contributed by atoms with E-state index in [0.29, 0.717) is 21.1 Å². The molecule has 0 atom stereocenters. The third-order valence-electron chi connectivity index (χ3n) is 4.04. The first kappa shape index (κ1) is 16.8. The normalized spacial score (nSPS) is 12.2. The fraction of sp³-hybridized carbons (Fsp3) is 0.118. The Morgan fingerprint density at radius 3 is 2.42 bits per heavy atom. The average molecular weight is 423 g/mol. The van der Waals surface area contributed by atoms with Crippen LogP contribution in [-0.2, 0) is 13.2 Å². The van der Waals surface area contributed by atoms with E-state index >= 15 is 0 Å². The number of hydrogen-bond donors (Lipinski definition) is 0. The Morgan fingerprint density at radius 1 is 1.08 bits per heavy atom. The summed E-state index contributed by atoms with van der Waals surface area (Å²) in [7, 11) is 1.64. The molecule has 0 radical (unpaired) electrons. The van der Waals surface area contributed by atoms with E-state index in [1.54, 1.807) is 37.4 Å². The maximum Gasteiger partial charge on any atom is 0.433 e. The van der Waals surface area contributed by atoms with Crippen LogP contribution < -0.4 is 5.56 Å². The monoisotopic (exact) mass is 422 g/mol.